The van der Waals surface area contributed by atoms with Crippen LogP contribution in [0.25, 0.3) is 5.69 Å². The number of aliphatic hydroxyl groups is 1. The lowest BCUT2D eigenvalue weighted by Crippen LogP contribution is -2.43. The number of aryl methyl sites for hydroxylation is 1. The number of benzene rings is 2. The summed E-state index contributed by atoms with van der Waals surface area (Å²) in [5.41, 5.74) is 4.24. The van der Waals surface area contributed by atoms with E-state index in [4.69, 9.17) is 4.74 Å². The molecule has 174 valence electrons. The fraction of sp³-hybridized carbons (Fsp3) is 0.407. The number of aromatic nitrogens is 2. The van der Waals surface area contributed by atoms with Gasteiger partial charge in [-0.1, -0.05) is 36.4 Å². The number of imidazole rings is 1. The molecule has 1 aromatic heterocycles. The highest BCUT2D eigenvalue weighted by molar-refractivity contribution is 5.80. The van der Waals surface area contributed by atoms with Crippen molar-refractivity contribution in [3.05, 3.63) is 77.9 Å². The van der Waals surface area contributed by atoms with E-state index in [1.807, 2.05) is 40.8 Å². The minimum Gasteiger partial charge on any atom is -0.495 e. The first-order chi connectivity index (χ1) is 16.0. The highest BCUT2D eigenvalue weighted by atomic mass is 16.5. The Morgan fingerprint density at radius 3 is 2.64 bits per heavy atom. The lowest BCUT2D eigenvalue weighted by Gasteiger charge is -2.40. The summed E-state index contributed by atoms with van der Waals surface area (Å²) >= 11 is 0. The second-order valence-electron chi connectivity index (χ2n) is 8.91. The van der Waals surface area contributed by atoms with Gasteiger partial charge in [0.25, 0.3) is 0 Å². The quantitative estimate of drug-likeness (QED) is 0.518. The Kier molecular flexibility index (Phi) is 7.14. The van der Waals surface area contributed by atoms with E-state index >= 15 is 0 Å². The Balaban J connectivity index is 1.45. The van der Waals surface area contributed by atoms with E-state index in [0.717, 1.165) is 35.5 Å². The van der Waals surface area contributed by atoms with Crippen LogP contribution in [0, 0.1) is 12.8 Å². The van der Waals surface area contributed by atoms with E-state index in [9.17, 15) is 9.90 Å². The molecule has 1 N–H and O–H groups in total. The zero-order valence-electron chi connectivity index (χ0n) is 19.6. The number of rotatable bonds is 9. The number of carbonyl (C=O) groups is 1. The van der Waals surface area contributed by atoms with E-state index < -0.39 is 0 Å². The molecule has 3 aromatic rings. The van der Waals surface area contributed by atoms with Crippen LogP contribution < -0.4 is 4.74 Å². The predicted octanol–water partition coefficient (Wildman–Crippen LogP) is 4.66. The van der Waals surface area contributed by atoms with Crippen molar-refractivity contribution in [3.63, 3.8) is 0 Å². The molecule has 1 atom stereocenters. The van der Waals surface area contributed by atoms with E-state index in [-0.39, 0.29) is 24.5 Å². The molecule has 1 amide bonds. The molecule has 0 spiro atoms. The third-order valence-electron chi connectivity index (χ3n) is 6.74. The Bertz CT molecular complexity index is 1070. The van der Waals surface area contributed by atoms with Crippen molar-refractivity contribution in [1.29, 1.82) is 0 Å². The number of amides is 1. The molecule has 33 heavy (non-hydrogen) atoms. The number of ether oxygens (including phenoxy) is 1. The fourth-order valence-electron chi connectivity index (χ4n) is 4.69. The molecule has 0 bridgehead atoms. The normalized spacial score (nSPS) is 18.4. The van der Waals surface area contributed by atoms with Gasteiger partial charge < -0.3 is 19.3 Å². The average Bonchev–Trinajstić information content (AvgIpc) is 3.24. The fourth-order valence-corrected chi connectivity index (χ4v) is 4.69. The number of hydrogen-bond acceptors (Lipinski definition) is 4. The molecular formula is C27H33N3O3. The molecule has 0 saturated heterocycles. The van der Waals surface area contributed by atoms with Gasteiger partial charge in [-0.25, -0.2) is 4.98 Å². The van der Waals surface area contributed by atoms with Crippen molar-refractivity contribution in [2.24, 2.45) is 5.92 Å². The summed E-state index contributed by atoms with van der Waals surface area (Å²) in [6, 6.07) is 16.4. The van der Waals surface area contributed by atoms with Crippen molar-refractivity contribution in [2.75, 3.05) is 20.3 Å². The molecule has 1 unspecified atom stereocenters. The minimum atomic E-state index is -0.0117. The monoisotopic (exact) mass is 447 g/mol. The molecule has 6 heteroatoms. The van der Waals surface area contributed by atoms with Gasteiger partial charge >= 0.3 is 0 Å². The Morgan fingerprint density at radius 2 is 2.00 bits per heavy atom. The molecule has 6 nitrogen and oxygen atoms in total. The lowest BCUT2D eigenvalue weighted by atomic mass is 9.70. The van der Waals surface area contributed by atoms with Gasteiger partial charge in [0, 0.05) is 25.3 Å². The van der Waals surface area contributed by atoms with Crippen molar-refractivity contribution >= 4 is 5.91 Å². The first-order valence-corrected chi connectivity index (χ1v) is 11.7. The van der Waals surface area contributed by atoms with Crippen LogP contribution in [0.5, 0.6) is 5.75 Å². The number of carbonyl (C=O) groups excluding carboxylic acids is 1. The average molecular weight is 448 g/mol. The van der Waals surface area contributed by atoms with Crippen LogP contribution >= 0.6 is 0 Å². The number of methoxy groups -OCH3 is 1. The standard InChI is InChI=1S/C27H33N3O3/c1-19-17-29(18-28-19)25-11-10-22(16-26(25)33-3)23-14-24(15-23)27(32)30(12-7-13-31)20(2)21-8-5-4-6-9-21/h4-6,8-11,16-18,20,23-24,31H,7,12-15H2,1-3H3. The van der Waals surface area contributed by atoms with Crippen LogP contribution in [0.4, 0.5) is 0 Å². The molecule has 1 aliphatic carbocycles. The van der Waals surface area contributed by atoms with Crippen molar-refractivity contribution in [1.82, 2.24) is 14.5 Å². The molecule has 1 fully saturated rings. The summed E-state index contributed by atoms with van der Waals surface area (Å²) in [5, 5.41) is 9.35. The van der Waals surface area contributed by atoms with Gasteiger partial charge in [0.15, 0.2) is 0 Å². The van der Waals surface area contributed by atoms with Crippen molar-refractivity contribution < 1.29 is 14.6 Å². The molecule has 2 aromatic carbocycles. The van der Waals surface area contributed by atoms with Crippen LogP contribution in [0.2, 0.25) is 0 Å². The third kappa shape index (κ3) is 4.96. The highest BCUT2D eigenvalue weighted by Gasteiger charge is 2.39. The lowest BCUT2D eigenvalue weighted by molar-refractivity contribution is -0.141. The van der Waals surface area contributed by atoms with Crippen molar-refractivity contribution in [2.45, 2.75) is 45.1 Å². The van der Waals surface area contributed by atoms with E-state index in [1.165, 1.54) is 5.56 Å². The van der Waals surface area contributed by atoms with Gasteiger partial charge in [-0.15, -0.1) is 0 Å². The first kappa shape index (κ1) is 23.1. The van der Waals surface area contributed by atoms with Gasteiger partial charge in [0.05, 0.1) is 30.9 Å². The van der Waals surface area contributed by atoms with Crippen LogP contribution in [-0.4, -0.2) is 45.7 Å². The molecule has 1 aliphatic rings. The summed E-state index contributed by atoms with van der Waals surface area (Å²) in [6.45, 7) is 4.69. The summed E-state index contributed by atoms with van der Waals surface area (Å²) in [4.78, 5) is 19.6. The Hall–Kier alpha value is -3.12. The van der Waals surface area contributed by atoms with Gasteiger partial charge in [-0.3, -0.25) is 4.79 Å². The minimum absolute atomic E-state index is 0.0117. The molecular weight excluding hydrogens is 414 g/mol. The van der Waals surface area contributed by atoms with Crippen LogP contribution in [-0.2, 0) is 4.79 Å². The van der Waals surface area contributed by atoms with Crippen LogP contribution in [0.1, 0.15) is 55.0 Å². The number of aliphatic hydroxyl groups excluding tert-OH is 1. The Labute approximate surface area is 195 Å². The SMILES string of the molecule is COc1cc(C2CC(C(=O)N(CCCO)C(C)c3ccccc3)C2)ccc1-n1cnc(C)c1. The summed E-state index contributed by atoms with van der Waals surface area (Å²) < 4.78 is 7.63. The number of hydrogen-bond donors (Lipinski definition) is 1. The summed E-state index contributed by atoms with van der Waals surface area (Å²) in [7, 11) is 1.68. The topological polar surface area (TPSA) is 67.6 Å². The Morgan fingerprint density at radius 1 is 1.24 bits per heavy atom. The maximum Gasteiger partial charge on any atom is 0.226 e. The van der Waals surface area contributed by atoms with Crippen LogP contribution in [0.15, 0.2) is 61.1 Å². The smallest absolute Gasteiger partial charge is 0.226 e. The summed E-state index contributed by atoms with van der Waals surface area (Å²) in [6.07, 6.45) is 6.03. The van der Waals surface area contributed by atoms with Gasteiger partial charge in [0.1, 0.15) is 5.75 Å². The molecule has 0 radical (unpaired) electrons. The maximum atomic E-state index is 13.4. The van der Waals surface area contributed by atoms with Gasteiger partial charge in [-0.05, 0) is 62.3 Å². The van der Waals surface area contributed by atoms with Crippen LogP contribution in [0.3, 0.4) is 0 Å². The second kappa shape index (κ2) is 10.2. The van der Waals surface area contributed by atoms with Gasteiger partial charge in [-0.2, -0.15) is 0 Å². The molecule has 0 aliphatic heterocycles. The molecule has 1 saturated carbocycles. The van der Waals surface area contributed by atoms with Gasteiger partial charge in [0.2, 0.25) is 5.91 Å². The molecule has 4 rings (SSSR count). The predicted molar refractivity (Wildman–Crippen MR) is 129 cm³/mol. The second-order valence-corrected chi connectivity index (χ2v) is 8.91. The third-order valence-corrected chi connectivity index (χ3v) is 6.74. The van der Waals surface area contributed by atoms with E-state index in [0.29, 0.717) is 18.9 Å². The maximum absolute atomic E-state index is 13.4. The number of nitrogens with zero attached hydrogens (tertiary/aromatic N) is 3. The largest absolute Gasteiger partial charge is 0.495 e. The van der Waals surface area contributed by atoms with Crippen molar-refractivity contribution in [3.8, 4) is 11.4 Å². The van der Waals surface area contributed by atoms with E-state index in [1.54, 1.807) is 13.4 Å². The van der Waals surface area contributed by atoms with E-state index in [2.05, 4.69) is 42.2 Å². The molecule has 1 heterocycles. The first-order valence-electron chi connectivity index (χ1n) is 11.7. The zero-order chi connectivity index (χ0) is 23.4. The highest BCUT2D eigenvalue weighted by Crippen LogP contribution is 2.44. The summed E-state index contributed by atoms with van der Waals surface area (Å²) in [5.74, 6) is 1.36. The zero-order valence-corrected chi connectivity index (χ0v) is 19.6.